The maximum absolute atomic E-state index is 5.94. The molecule has 1 atom stereocenters. The average molecular weight is 311 g/mol. The van der Waals surface area contributed by atoms with Crippen LogP contribution in [0.15, 0.2) is 16.7 Å². The van der Waals surface area contributed by atoms with Crippen molar-refractivity contribution in [3.63, 3.8) is 0 Å². The van der Waals surface area contributed by atoms with Gasteiger partial charge in [-0.05, 0) is 35.3 Å². The number of halogens is 1. The molecule has 18 heavy (non-hydrogen) atoms. The highest BCUT2D eigenvalue weighted by Crippen LogP contribution is 2.20. The first kappa shape index (κ1) is 11.7. The number of nitrogen functional groups attached to an aromatic ring is 1. The summed E-state index contributed by atoms with van der Waals surface area (Å²) in [7, 11) is 0. The van der Waals surface area contributed by atoms with E-state index in [2.05, 4.69) is 36.6 Å². The van der Waals surface area contributed by atoms with Gasteiger partial charge in [0.15, 0.2) is 5.65 Å². The third kappa shape index (κ3) is 2.15. The monoisotopic (exact) mass is 310 g/mol. The Balaban J connectivity index is 1.81. The smallest absolute Gasteiger partial charge is 0.173 e. The minimum atomic E-state index is 0.526. The number of nitrogens with two attached hydrogens (primary N) is 1. The zero-order valence-corrected chi connectivity index (χ0v) is 11.4. The van der Waals surface area contributed by atoms with E-state index in [9.17, 15) is 0 Å². The number of nitrogens with zero attached hydrogens (tertiary/aromatic N) is 3. The number of nitrogens with one attached hydrogen (secondary N) is 2. The zero-order chi connectivity index (χ0) is 12.5. The van der Waals surface area contributed by atoms with Gasteiger partial charge in [-0.25, -0.2) is 4.98 Å². The van der Waals surface area contributed by atoms with Crippen LogP contribution in [-0.4, -0.2) is 33.7 Å². The molecule has 4 N–H and O–H groups in total. The van der Waals surface area contributed by atoms with Gasteiger partial charge in [-0.1, -0.05) is 0 Å². The summed E-state index contributed by atoms with van der Waals surface area (Å²) in [5.74, 6) is 1.36. The van der Waals surface area contributed by atoms with Gasteiger partial charge in [-0.3, -0.25) is 0 Å². The summed E-state index contributed by atoms with van der Waals surface area (Å²) in [5, 5.41) is 10.9. The largest absolute Gasteiger partial charge is 0.383 e. The van der Waals surface area contributed by atoms with Gasteiger partial charge in [0.1, 0.15) is 11.6 Å². The Labute approximate surface area is 113 Å². The Morgan fingerprint density at radius 1 is 1.61 bits per heavy atom. The van der Waals surface area contributed by atoms with Crippen molar-refractivity contribution >= 4 is 33.2 Å². The number of fused-ring (bicyclic) bond motifs is 1. The number of rotatable bonds is 3. The van der Waals surface area contributed by atoms with Crippen molar-refractivity contribution in [3.8, 4) is 0 Å². The van der Waals surface area contributed by atoms with Gasteiger partial charge in [-0.2, -0.15) is 9.61 Å². The van der Waals surface area contributed by atoms with Crippen molar-refractivity contribution in [2.75, 3.05) is 24.1 Å². The van der Waals surface area contributed by atoms with E-state index < -0.39 is 0 Å². The van der Waals surface area contributed by atoms with Gasteiger partial charge < -0.3 is 16.4 Å². The van der Waals surface area contributed by atoms with Crippen LogP contribution in [0, 0.1) is 0 Å². The molecule has 0 bridgehead atoms. The molecular formula is C11H15BrN6. The lowest BCUT2D eigenvalue weighted by Gasteiger charge is -2.12. The molecular weight excluding hydrogens is 296 g/mol. The quantitative estimate of drug-likeness (QED) is 0.795. The molecule has 1 aliphatic rings. The Kier molecular flexibility index (Phi) is 3.09. The standard InChI is InChI=1S/C11H15BrN6/c12-8-6-16-18-9(13)4-10(17-11(8)18)15-5-7-2-1-3-14-7/h4,6-7,14H,1-3,5,13H2,(H,15,17). The molecule has 6 nitrogen and oxygen atoms in total. The van der Waals surface area contributed by atoms with Gasteiger partial charge in [0.25, 0.3) is 0 Å². The average Bonchev–Trinajstić information content (AvgIpc) is 2.98. The number of anilines is 2. The molecule has 0 aliphatic carbocycles. The van der Waals surface area contributed by atoms with E-state index in [0.29, 0.717) is 11.9 Å². The SMILES string of the molecule is Nc1cc(NCC2CCCN2)nc2c(Br)cnn12. The fraction of sp³-hybridized carbons (Fsp3) is 0.455. The molecule has 96 valence electrons. The molecule has 7 heteroatoms. The fourth-order valence-corrected chi connectivity index (χ4v) is 2.56. The first-order chi connectivity index (χ1) is 8.74. The lowest BCUT2D eigenvalue weighted by molar-refractivity contribution is 0.632. The Bertz CT molecular complexity index is 560. The van der Waals surface area contributed by atoms with E-state index in [1.807, 2.05) is 0 Å². The van der Waals surface area contributed by atoms with Gasteiger partial charge in [0, 0.05) is 18.7 Å². The molecule has 0 aromatic carbocycles. The van der Waals surface area contributed by atoms with E-state index >= 15 is 0 Å². The highest BCUT2D eigenvalue weighted by molar-refractivity contribution is 9.10. The molecule has 1 saturated heterocycles. The summed E-state index contributed by atoms with van der Waals surface area (Å²) in [6, 6.07) is 2.33. The van der Waals surface area contributed by atoms with Gasteiger partial charge in [-0.15, -0.1) is 0 Å². The second-order valence-corrected chi connectivity index (χ2v) is 5.32. The minimum absolute atomic E-state index is 0.526. The molecule has 3 rings (SSSR count). The molecule has 1 unspecified atom stereocenters. The highest BCUT2D eigenvalue weighted by atomic mass is 79.9. The molecule has 0 saturated carbocycles. The number of aromatic nitrogens is 3. The lowest BCUT2D eigenvalue weighted by Crippen LogP contribution is -2.29. The predicted octanol–water partition coefficient (Wildman–Crippen LogP) is 1.24. The Morgan fingerprint density at radius 2 is 2.50 bits per heavy atom. The van der Waals surface area contributed by atoms with Crippen LogP contribution in [0.5, 0.6) is 0 Å². The van der Waals surface area contributed by atoms with Crippen LogP contribution < -0.4 is 16.4 Å². The van der Waals surface area contributed by atoms with Crippen molar-refractivity contribution in [2.24, 2.45) is 0 Å². The fourth-order valence-electron chi connectivity index (χ4n) is 2.21. The second-order valence-electron chi connectivity index (χ2n) is 4.47. The van der Waals surface area contributed by atoms with Crippen molar-refractivity contribution in [3.05, 3.63) is 16.7 Å². The number of hydrogen-bond donors (Lipinski definition) is 3. The van der Waals surface area contributed by atoms with Gasteiger partial charge in [0.05, 0.1) is 10.7 Å². The molecule has 2 aromatic rings. The summed E-state index contributed by atoms with van der Waals surface area (Å²) in [6.45, 7) is 1.98. The van der Waals surface area contributed by atoms with Crippen LogP contribution >= 0.6 is 15.9 Å². The van der Waals surface area contributed by atoms with Crippen LogP contribution in [0.4, 0.5) is 11.6 Å². The summed E-state index contributed by atoms with van der Waals surface area (Å²) in [6.07, 6.45) is 4.15. The van der Waals surface area contributed by atoms with E-state index in [1.165, 1.54) is 12.8 Å². The Morgan fingerprint density at radius 3 is 3.28 bits per heavy atom. The summed E-state index contributed by atoms with van der Waals surface area (Å²) >= 11 is 3.41. The molecule has 2 aromatic heterocycles. The van der Waals surface area contributed by atoms with Gasteiger partial charge >= 0.3 is 0 Å². The predicted molar refractivity (Wildman–Crippen MR) is 74.6 cm³/mol. The normalized spacial score (nSPS) is 19.5. The van der Waals surface area contributed by atoms with Crippen molar-refractivity contribution in [2.45, 2.75) is 18.9 Å². The van der Waals surface area contributed by atoms with Crippen LogP contribution in [0.1, 0.15) is 12.8 Å². The van der Waals surface area contributed by atoms with Crippen LogP contribution in [-0.2, 0) is 0 Å². The van der Waals surface area contributed by atoms with Crippen LogP contribution in [0.25, 0.3) is 5.65 Å². The third-order valence-corrected chi connectivity index (χ3v) is 3.71. The topological polar surface area (TPSA) is 80.3 Å². The second kappa shape index (κ2) is 4.74. The molecule has 1 aliphatic heterocycles. The van der Waals surface area contributed by atoms with E-state index in [-0.39, 0.29) is 0 Å². The maximum atomic E-state index is 5.94. The van der Waals surface area contributed by atoms with Gasteiger partial charge in [0.2, 0.25) is 0 Å². The van der Waals surface area contributed by atoms with E-state index in [0.717, 1.165) is 29.0 Å². The van der Waals surface area contributed by atoms with Crippen LogP contribution in [0.2, 0.25) is 0 Å². The van der Waals surface area contributed by atoms with E-state index in [1.54, 1.807) is 16.8 Å². The maximum Gasteiger partial charge on any atom is 0.173 e. The summed E-state index contributed by atoms with van der Waals surface area (Å²) in [5.41, 5.74) is 6.67. The summed E-state index contributed by atoms with van der Waals surface area (Å²) in [4.78, 5) is 4.49. The lowest BCUT2D eigenvalue weighted by atomic mass is 10.2. The van der Waals surface area contributed by atoms with Crippen molar-refractivity contribution < 1.29 is 0 Å². The minimum Gasteiger partial charge on any atom is -0.383 e. The van der Waals surface area contributed by atoms with Crippen molar-refractivity contribution in [1.29, 1.82) is 0 Å². The molecule has 0 radical (unpaired) electrons. The first-order valence-corrected chi connectivity index (χ1v) is 6.80. The zero-order valence-electron chi connectivity index (χ0n) is 9.86. The molecule has 0 amide bonds. The molecule has 0 spiro atoms. The van der Waals surface area contributed by atoms with Crippen LogP contribution in [0.3, 0.4) is 0 Å². The summed E-state index contributed by atoms with van der Waals surface area (Å²) < 4.78 is 2.46. The first-order valence-electron chi connectivity index (χ1n) is 6.01. The number of hydrogen-bond acceptors (Lipinski definition) is 5. The third-order valence-electron chi connectivity index (χ3n) is 3.15. The Hall–Kier alpha value is -1.34. The molecule has 3 heterocycles. The van der Waals surface area contributed by atoms with E-state index in [4.69, 9.17) is 5.73 Å². The molecule has 1 fully saturated rings. The highest BCUT2D eigenvalue weighted by Gasteiger charge is 2.14. The van der Waals surface area contributed by atoms with Crippen molar-refractivity contribution in [1.82, 2.24) is 19.9 Å².